The van der Waals surface area contributed by atoms with E-state index in [2.05, 4.69) is 30.9 Å². The summed E-state index contributed by atoms with van der Waals surface area (Å²) in [5.74, 6) is -2.66. The van der Waals surface area contributed by atoms with E-state index in [0.717, 1.165) is 5.56 Å². The number of aromatic nitrogens is 2. The summed E-state index contributed by atoms with van der Waals surface area (Å²) in [6.07, 6.45) is 5.71. The van der Waals surface area contributed by atoms with Crippen LogP contribution in [0.5, 0.6) is 0 Å². The maximum atomic E-state index is 13.4. The normalized spacial score (nSPS) is 13.7. The summed E-state index contributed by atoms with van der Waals surface area (Å²) < 4.78 is 0. The summed E-state index contributed by atoms with van der Waals surface area (Å²) in [5.41, 5.74) is 18.3. The van der Waals surface area contributed by atoms with E-state index in [1.807, 2.05) is 36.6 Å². The standard InChI is InChI=1S/C26H39N9O5S/c1-41-11-9-20(25(39)40)34-24(38)21(13-17-14-30-15-32-17)35-23(37)19(8-5-10-31-26(28)29)33-22(36)18(27)12-16-6-3-2-4-7-16/h2-4,6-7,14-15,18-21H,5,8-13,27H2,1H3,(H,30,32)(H,33,36)(H,34,38)(H,35,37)(H,39,40)(H4,28,29,31). The van der Waals surface area contributed by atoms with Crippen LogP contribution in [0.25, 0.3) is 0 Å². The zero-order valence-corrected chi connectivity index (χ0v) is 23.7. The van der Waals surface area contributed by atoms with Crippen LogP contribution in [0, 0.1) is 0 Å². The third kappa shape index (κ3) is 12.3. The lowest BCUT2D eigenvalue weighted by molar-refractivity contribution is -0.142. The Hall–Kier alpha value is -4.11. The number of aromatic amines is 1. The largest absolute Gasteiger partial charge is 0.480 e. The van der Waals surface area contributed by atoms with Gasteiger partial charge in [-0.2, -0.15) is 11.8 Å². The van der Waals surface area contributed by atoms with Crippen molar-refractivity contribution in [3.63, 3.8) is 0 Å². The average molecular weight is 590 g/mol. The van der Waals surface area contributed by atoms with Crippen LogP contribution in [0.1, 0.15) is 30.5 Å². The fourth-order valence-corrected chi connectivity index (χ4v) is 4.35. The first kappa shape index (κ1) is 33.1. The van der Waals surface area contributed by atoms with Crippen molar-refractivity contribution in [2.24, 2.45) is 22.2 Å². The Morgan fingerprint density at radius 3 is 2.24 bits per heavy atom. The number of thioether (sulfide) groups is 1. The molecule has 2 rings (SSSR count). The van der Waals surface area contributed by atoms with Gasteiger partial charge in [-0.3, -0.25) is 19.4 Å². The van der Waals surface area contributed by atoms with Gasteiger partial charge in [0, 0.05) is 24.9 Å². The molecule has 11 N–H and O–H groups in total. The molecule has 1 heterocycles. The molecule has 4 unspecified atom stereocenters. The fourth-order valence-electron chi connectivity index (χ4n) is 3.88. The van der Waals surface area contributed by atoms with Gasteiger partial charge in [0.2, 0.25) is 17.7 Å². The Balaban J connectivity index is 2.19. The Morgan fingerprint density at radius 1 is 0.976 bits per heavy atom. The second-order valence-corrected chi connectivity index (χ2v) is 10.3. The number of imidazole rings is 1. The summed E-state index contributed by atoms with van der Waals surface area (Å²) >= 11 is 1.45. The van der Waals surface area contributed by atoms with E-state index < -0.39 is 47.9 Å². The zero-order chi connectivity index (χ0) is 30.2. The fraction of sp³-hybridized carbons (Fsp3) is 0.462. The molecule has 0 spiro atoms. The van der Waals surface area contributed by atoms with Crippen molar-refractivity contribution in [3.8, 4) is 0 Å². The van der Waals surface area contributed by atoms with Crippen molar-refractivity contribution in [3.05, 3.63) is 54.1 Å². The van der Waals surface area contributed by atoms with Gasteiger partial charge in [-0.25, -0.2) is 9.78 Å². The number of carboxylic acids is 1. The van der Waals surface area contributed by atoms with E-state index in [0.29, 0.717) is 17.9 Å². The first-order valence-corrected chi connectivity index (χ1v) is 14.4. The van der Waals surface area contributed by atoms with E-state index >= 15 is 0 Å². The Morgan fingerprint density at radius 2 is 1.63 bits per heavy atom. The van der Waals surface area contributed by atoms with E-state index in [9.17, 15) is 24.3 Å². The molecule has 14 nitrogen and oxygen atoms in total. The lowest BCUT2D eigenvalue weighted by atomic mass is 10.0. The summed E-state index contributed by atoms with van der Waals surface area (Å²) in [6, 6.07) is 4.91. The molecule has 224 valence electrons. The molecular formula is C26H39N9O5S. The van der Waals surface area contributed by atoms with Crippen LogP contribution in [0.3, 0.4) is 0 Å². The highest BCUT2D eigenvalue weighted by Crippen LogP contribution is 2.07. The number of aliphatic carboxylic acids is 1. The Kier molecular flexibility index (Phi) is 14.2. The molecule has 0 aliphatic rings. The van der Waals surface area contributed by atoms with E-state index in [-0.39, 0.29) is 38.2 Å². The summed E-state index contributed by atoms with van der Waals surface area (Å²) in [4.78, 5) is 62.0. The van der Waals surface area contributed by atoms with Crippen molar-refractivity contribution >= 4 is 41.4 Å². The SMILES string of the molecule is CSCCC(NC(=O)C(Cc1cnc[nH]1)NC(=O)C(CCCN=C(N)N)NC(=O)C(N)Cc1ccccc1)C(=O)O. The summed E-state index contributed by atoms with van der Waals surface area (Å²) in [7, 11) is 0. The number of benzene rings is 1. The zero-order valence-electron chi connectivity index (χ0n) is 22.9. The van der Waals surface area contributed by atoms with E-state index in [1.54, 1.807) is 0 Å². The van der Waals surface area contributed by atoms with Gasteiger partial charge in [0.05, 0.1) is 12.4 Å². The predicted molar refractivity (Wildman–Crippen MR) is 157 cm³/mol. The van der Waals surface area contributed by atoms with Gasteiger partial charge in [-0.15, -0.1) is 0 Å². The van der Waals surface area contributed by atoms with Gasteiger partial charge >= 0.3 is 5.97 Å². The smallest absolute Gasteiger partial charge is 0.326 e. The number of nitrogens with two attached hydrogens (primary N) is 3. The molecule has 0 fully saturated rings. The van der Waals surface area contributed by atoms with Crippen molar-refractivity contribution in [1.29, 1.82) is 0 Å². The molecule has 1 aromatic heterocycles. The minimum absolute atomic E-state index is 0.00856. The van der Waals surface area contributed by atoms with E-state index in [1.165, 1.54) is 24.3 Å². The molecule has 0 bridgehead atoms. The molecule has 0 aliphatic heterocycles. The van der Waals surface area contributed by atoms with Crippen molar-refractivity contribution in [1.82, 2.24) is 25.9 Å². The molecule has 3 amide bonds. The van der Waals surface area contributed by atoms with Gasteiger partial charge in [-0.05, 0) is 43.3 Å². The molecule has 0 saturated carbocycles. The van der Waals surface area contributed by atoms with Crippen LogP contribution in [0.15, 0.2) is 47.8 Å². The quantitative estimate of drug-likeness (QED) is 0.0590. The number of H-pyrrole nitrogens is 1. The lowest BCUT2D eigenvalue weighted by Crippen LogP contribution is -2.57. The van der Waals surface area contributed by atoms with Gasteiger partial charge in [0.15, 0.2) is 5.96 Å². The lowest BCUT2D eigenvalue weighted by Gasteiger charge is -2.25. The molecule has 0 radical (unpaired) electrons. The van der Waals surface area contributed by atoms with Gasteiger partial charge in [0.25, 0.3) is 0 Å². The van der Waals surface area contributed by atoms with Crippen LogP contribution in [0.2, 0.25) is 0 Å². The van der Waals surface area contributed by atoms with Crippen molar-refractivity contribution in [2.75, 3.05) is 18.6 Å². The summed E-state index contributed by atoms with van der Waals surface area (Å²) in [5, 5.41) is 17.4. The Labute approximate surface area is 242 Å². The van der Waals surface area contributed by atoms with Crippen LogP contribution < -0.4 is 33.2 Å². The number of carbonyl (C=O) groups is 4. The van der Waals surface area contributed by atoms with Gasteiger partial charge in [-0.1, -0.05) is 30.3 Å². The number of aliphatic imine (C=N–C) groups is 1. The van der Waals surface area contributed by atoms with Gasteiger partial charge in [0.1, 0.15) is 18.1 Å². The minimum Gasteiger partial charge on any atom is -0.480 e. The molecule has 4 atom stereocenters. The molecular weight excluding hydrogens is 550 g/mol. The number of amides is 3. The monoisotopic (exact) mass is 589 g/mol. The predicted octanol–water partition coefficient (Wildman–Crippen LogP) is -1.13. The van der Waals surface area contributed by atoms with E-state index in [4.69, 9.17) is 17.2 Å². The number of hydrogen-bond donors (Lipinski definition) is 8. The highest BCUT2D eigenvalue weighted by atomic mass is 32.2. The maximum absolute atomic E-state index is 13.4. The number of nitrogens with one attached hydrogen (secondary N) is 4. The number of rotatable bonds is 18. The first-order chi connectivity index (χ1) is 19.6. The second kappa shape index (κ2) is 17.6. The summed E-state index contributed by atoms with van der Waals surface area (Å²) in [6.45, 7) is 0.214. The third-order valence-electron chi connectivity index (χ3n) is 6.05. The number of nitrogens with zero attached hydrogens (tertiary/aromatic N) is 2. The van der Waals surface area contributed by atoms with Crippen molar-refractivity contribution < 1.29 is 24.3 Å². The van der Waals surface area contributed by atoms with Crippen LogP contribution in [0.4, 0.5) is 0 Å². The van der Waals surface area contributed by atoms with Crippen LogP contribution in [-0.4, -0.2) is 87.4 Å². The topological polar surface area (TPSA) is 244 Å². The molecule has 2 aromatic rings. The molecule has 1 aromatic carbocycles. The van der Waals surface area contributed by atoms with Crippen molar-refractivity contribution in [2.45, 2.75) is 56.3 Å². The Bertz CT molecular complexity index is 1140. The second-order valence-electron chi connectivity index (χ2n) is 9.33. The highest BCUT2D eigenvalue weighted by Gasteiger charge is 2.30. The molecule has 41 heavy (non-hydrogen) atoms. The number of guanidine groups is 1. The average Bonchev–Trinajstić information content (AvgIpc) is 3.45. The maximum Gasteiger partial charge on any atom is 0.326 e. The number of carboxylic acid groups (broad SMARTS) is 1. The minimum atomic E-state index is -1.18. The molecule has 0 saturated heterocycles. The third-order valence-corrected chi connectivity index (χ3v) is 6.69. The molecule has 0 aliphatic carbocycles. The first-order valence-electron chi connectivity index (χ1n) is 13.1. The van der Waals surface area contributed by atoms with Gasteiger partial charge < -0.3 is 43.2 Å². The number of hydrogen-bond acceptors (Lipinski definition) is 8. The molecule has 15 heteroatoms. The highest BCUT2D eigenvalue weighted by molar-refractivity contribution is 7.98. The van der Waals surface area contributed by atoms with Crippen LogP contribution in [-0.2, 0) is 32.0 Å². The van der Waals surface area contributed by atoms with Crippen LogP contribution >= 0.6 is 11.8 Å². The number of carbonyl (C=O) groups excluding carboxylic acids is 3.